The molecule has 0 atom stereocenters. The first-order valence-corrected chi connectivity index (χ1v) is 9.93. The van der Waals surface area contributed by atoms with Crippen molar-refractivity contribution in [2.75, 3.05) is 57.8 Å². The highest BCUT2D eigenvalue weighted by atomic mass is 127. The Balaban J connectivity index is 0.00000280. The molecule has 3 rings (SSSR count). The van der Waals surface area contributed by atoms with Crippen LogP contribution < -0.4 is 15.5 Å². The number of piperazine rings is 1. The van der Waals surface area contributed by atoms with Gasteiger partial charge in [0.15, 0.2) is 5.96 Å². The van der Waals surface area contributed by atoms with Gasteiger partial charge in [-0.3, -0.25) is 9.89 Å². The van der Waals surface area contributed by atoms with Crippen LogP contribution in [0.4, 0.5) is 5.69 Å². The number of nitrogens with zero attached hydrogens (tertiary/aromatic N) is 4. The van der Waals surface area contributed by atoms with E-state index < -0.39 is 0 Å². The van der Waals surface area contributed by atoms with Gasteiger partial charge in [0.05, 0.1) is 0 Å². The summed E-state index contributed by atoms with van der Waals surface area (Å²) in [5.41, 5.74) is 1.34. The maximum Gasteiger partial charge on any atom is 0.191 e. The number of guanidine groups is 1. The van der Waals surface area contributed by atoms with Crippen molar-refractivity contribution in [1.29, 1.82) is 0 Å². The first kappa shape index (κ1) is 22.5. The van der Waals surface area contributed by atoms with Gasteiger partial charge >= 0.3 is 0 Å². The average Bonchev–Trinajstić information content (AvgIpc) is 3.24. The van der Waals surface area contributed by atoms with Crippen LogP contribution in [0.3, 0.4) is 0 Å². The zero-order chi connectivity index (χ0) is 18.7. The third-order valence-electron chi connectivity index (χ3n) is 4.99. The Morgan fingerprint density at radius 2 is 1.57 bits per heavy atom. The van der Waals surface area contributed by atoms with Gasteiger partial charge in [-0.25, -0.2) is 0 Å². The van der Waals surface area contributed by atoms with Gasteiger partial charge in [0.2, 0.25) is 0 Å². The lowest BCUT2D eigenvalue weighted by Crippen LogP contribution is -2.47. The van der Waals surface area contributed by atoms with E-state index in [2.05, 4.69) is 72.7 Å². The summed E-state index contributed by atoms with van der Waals surface area (Å²) in [5, 5.41) is 6.78. The Kier molecular flexibility index (Phi) is 10.2. The van der Waals surface area contributed by atoms with Gasteiger partial charge in [-0.1, -0.05) is 18.2 Å². The van der Waals surface area contributed by atoms with E-state index in [1.807, 2.05) is 19.2 Å². The van der Waals surface area contributed by atoms with E-state index in [0.717, 1.165) is 64.7 Å². The van der Waals surface area contributed by atoms with E-state index in [0.29, 0.717) is 0 Å². The van der Waals surface area contributed by atoms with Crippen molar-refractivity contribution in [3.8, 4) is 0 Å². The number of para-hydroxylation sites is 1. The van der Waals surface area contributed by atoms with E-state index in [-0.39, 0.29) is 24.0 Å². The molecule has 1 aromatic heterocycles. The lowest BCUT2D eigenvalue weighted by molar-refractivity contribution is 0.255. The van der Waals surface area contributed by atoms with Crippen molar-refractivity contribution in [3.63, 3.8) is 0 Å². The first-order chi connectivity index (χ1) is 13.3. The van der Waals surface area contributed by atoms with E-state index in [4.69, 9.17) is 0 Å². The summed E-state index contributed by atoms with van der Waals surface area (Å²) in [6.07, 6.45) is 5.29. The fourth-order valence-electron chi connectivity index (χ4n) is 3.42. The Morgan fingerprint density at radius 1 is 0.893 bits per heavy atom. The first-order valence-electron chi connectivity index (χ1n) is 9.93. The van der Waals surface area contributed by atoms with Crippen LogP contribution in [-0.2, 0) is 6.54 Å². The molecule has 1 saturated heterocycles. The zero-order valence-electron chi connectivity index (χ0n) is 16.8. The molecule has 2 N–H and O–H groups in total. The molecule has 0 aliphatic carbocycles. The Labute approximate surface area is 186 Å². The van der Waals surface area contributed by atoms with Crippen LogP contribution in [0.25, 0.3) is 0 Å². The molecular formula is C21H33IN6. The van der Waals surface area contributed by atoms with Gasteiger partial charge in [-0.2, -0.15) is 0 Å². The average molecular weight is 496 g/mol. The smallest absolute Gasteiger partial charge is 0.191 e. The summed E-state index contributed by atoms with van der Waals surface area (Å²) in [4.78, 5) is 9.34. The predicted molar refractivity (Wildman–Crippen MR) is 129 cm³/mol. The highest BCUT2D eigenvalue weighted by Crippen LogP contribution is 2.15. The topological polar surface area (TPSA) is 47.8 Å². The molecule has 0 radical (unpaired) electrons. The molecular weight excluding hydrogens is 463 g/mol. The summed E-state index contributed by atoms with van der Waals surface area (Å²) in [6, 6.07) is 14.8. The third kappa shape index (κ3) is 7.35. The molecule has 0 bridgehead atoms. The summed E-state index contributed by atoms with van der Waals surface area (Å²) < 4.78 is 2.16. The van der Waals surface area contributed by atoms with Gasteiger partial charge in [-0.05, 0) is 37.2 Å². The Bertz CT molecular complexity index is 665. The lowest BCUT2D eigenvalue weighted by atomic mass is 10.2. The van der Waals surface area contributed by atoms with Gasteiger partial charge in [0.25, 0.3) is 0 Å². The number of hydrogen-bond acceptors (Lipinski definition) is 3. The second-order valence-corrected chi connectivity index (χ2v) is 6.86. The molecule has 154 valence electrons. The molecule has 2 aromatic rings. The fourth-order valence-corrected chi connectivity index (χ4v) is 3.42. The minimum Gasteiger partial charge on any atom is -0.369 e. The molecule has 0 spiro atoms. The molecule has 1 aliphatic rings. The van der Waals surface area contributed by atoms with E-state index in [1.165, 1.54) is 5.69 Å². The van der Waals surface area contributed by atoms with Crippen molar-refractivity contribution in [3.05, 3.63) is 54.9 Å². The molecule has 28 heavy (non-hydrogen) atoms. The normalized spacial score (nSPS) is 15.2. The van der Waals surface area contributed by atoms with Gasteiger partial charge < -0.3 is 20.1 Å². The predicted octanol–water partition coefficient (Wildman–Crippen LogP) is 2.48. The number of hydrogen-bond donors (Lipinski definition) is 2. The Hall–Kier alpha value is -1.74. The number of anilines is 1. The minimum absolute atomic E-state index is 0. The van der Waals surface area contributed by atoms with Gasteiger partial charge in [-0.15, -0.1) is 24.0 Å². The highest BCUT2D eigenvalue weighted by Gasteiger charge is 2.16. The van der Waals surface area contributed by atoms with Crippen LogP contribution in [-0.4, -0.2) is 68.3 Å². The van der Waals surface area contributed by atoms with E-state index >= 15 is 0 Å². The summed E-state index contributed by atoms with van der Waals surface area (Å²) in [7, 11) is 1.83. The molecule has 6 nitrogen and oxygen atoms in total. The molecule has 1 aromatic carbocycles. The highest BCUT2D eigenvalue weighted by molar-refractivity contribution is 14.0. The number of benzene rings is 1. The lowest BCUT2D eigenvalue weighted by Gasteiger charge is -2.36. The fraction of sp³-hybridized carbons (Fsp3) is 0.476. The second kappa shape index (κ2) is 12.7. The number of aliphatic imine (C=N–C) groups is 1. The molecule has 2 heterocycles. The Morgan fingerprint density at radius 3 is 2.25 bits per heavy atom. The van der Waals surface area contributed by atoms with Crippen LogP contribution in [0.1, 0.15) is 6.42 Å². The van der Waals surface area contributed by atoms with Crippen LogP contribution in [0.2, 0.25) is 0 Å². The van der Waals surface area contributed by atoms with Crippen LogP contribution in [0.5, 0.6) is 0 Å². The van der Waals surface area contributed by atoms with Crippen molar-refractivity contribution >= 4 is 35.6 Å². The standard InChI is InChI=1S/C21H32N6.HI/c1-22-21(24-11-15-25-12-5-6-13-25)23-10-7-14-26-16-18-27(19-17-26)20-8-3-2-4-9-20;/h2-6,8-9,12-13H,7,10-11,14-19H2,1H3,(H2,22,23,24);1H. The quantitative estimate of drug-likeness (QED) is 0.255. The van der Waals surface area contributed by atoms with Crippen LogP contribution in [0, 0.1) is 0 Å². The number of rotatable bonds is 8. The van der Waals surface area contributed by atoms with Gasteiger partial charge in [0, 0.05) is 70.9 Å². The maximum absolute atomic E-state index is 4.30. The molecule has 1 fully saturated rings. The number of aromatic nitrogens is 1. The van der Waals surface area contributed by atoms with E-state index in [1.54, 1.807) is 0 Å². The second-order valence-electron chi connectivity index (χ2n) is 6.86. The van der Waals surface area contributed by atoms with Crippen molar-refractivity contribution < 1.29 is 0 Å². The van der Waals surface area contributed by atoms with Gasteiger partial charge in [0.1, 0.15) is 0 Å². The SMILES string of the molecule is CN=C(NCCCN1CCN(c2ccccc2)CC1)NCCn1cccc1.I. The van der Waals surface area contributed by atoms with Crippen molar-refractivity contribution in [2.45, 2.75) is 13.0 Å². The molecule has 1 aliphatic heterocycles. The van der Waals surface area contributed by atoms with Crippen molar-refractivity contribution in [1.82, 2.24) is 20.1 Å². The molecule has 0 amide bonds. The molecule has 0 saturated carbocycles. The minimum atomic E-state index is 0. The maximum atomic E-state index is 4.30. The van der Waals surface area contributed by atoms with E-state index in [9.17, 15) is 0 Å². The molecule has 7 heteroatoms. The van der Waals surface area contributed by atoms with Crippen LogP contribution in [0.15, 0.2) is 59.9 Å². The van der Waals surface area contributed by atoms with Crippen LogP contribution >= 0.6 is 24.0 Å². The monoisotopic (exact) mass is 496 g/mol. The molecule has 0 unspecified atom stereocenters. The third-order valence-corrected chi connectivity index (χ3v) is 4.99. The summed E-state index contributed by atoms with van der Waals surface area (Å²) in [6.45, 7) is 8.39. The summed E-state index contributed by atoms with van der Waals surface area (Å²) >= 11 is 0. The number of nitrogens with one attached hydrogen (secondary N) is 2. The number of halogens is 1. The van der Waals surface area contributed by atoms with Crippen molar-refractivity contribution in [2.24, 2.45) is 4.99 Å². The largest absolute Gasteiger partial charge is 0.369 e. The summed E-state index contributed by atoms with van der Waals surface area (Å²) in [5.74, 6) is 0.885. The zero-order valence-corrected chi connectivity index (χ0v) is 19.1.